The molecule has 212 valence electrons. The van der Waals surface area contributed by atoms with E-state index in [2.05, 4.69) is 10.4 Å². The summed E-state index contributed by atoms with van der Waals surface area (Å²) < 4.78 is 5.54. The number of rotatable bonds is 9. The van der Waals surface area contributed by atoms with Gasteiger partial charge in [0.25, 0.3) is 5.91 Å². The first-order valence-electron chi connectivity index (χ1n) is 13.8. The van der Waals surface area contributed by atoms with Gasteiger partial charge in [-0.05, 0) is 66.1 Å². The van der Waals surface area contributed by atoms with E-state index in [9.17, 15) is 19.5 Å². The summed E-state index contributed by atoms with van der Waals surface area (Å²) >= 11 is 6.29. The highest BCUT2D eigenvalue weighted by Crippen LogP contribution is 2.38. The molecular weight excluding hydrogens is 542 g/mol. The van der Waals surface area contributed by atoms with E-state index in [4.69, 9.17) is 16.3 Å². The summed E-state index contributed by atoms with van der Waals surface area (Å²) in [4.78, 5) is 37.4. The normalized spacial score (nSPS) is 16.2. The second kappa shape index (κ2) is 12.6. The molecule has 0 radical (unpaired) electrons. The standard InChI is InChI=1S/C32H32ClN3O5/c1-20-16-22(12-15-25(20)32(39)40)17-34-30(38)29(23-6-2-3-7-23)24-13-10-21(11-14-24)18-36-28(37)19-41-31(35-36)26-8-4-5-9-27(26)33/h4-5,8-16,23,29H,2-3,6-7,17-19H2,1H3,(H,34,38)(H,39,40). The Bertz CT molecular complexity index is 1480. The van der Waals surface area contributed by atoms with Crippen LogP contribution in [-0.2, 0) is 27.4 Å². The first kappa shape index (κ1) is 28.4. The number of carboxylic acid groups (broad SMARTS) is 1. The van der Waals surface area contributed by atoms with Crippen molar-refractivity contribution in [2.75, 3.05) is 6.61 Å². The Morgan fingerprint density at radius 3 is 2.46 bits per heavy atom. The van der Waals surface area contributed by atoms with Gasteiger partial charge in [0.05, 0.1) is 28.6 Å². The minimum absolute atomic E-state index is 0.0399. The van der Waals surface area contributed by atoms with Crippen molar-refractivity contribution in [2.45, 2.75) is 51.6 Å². The average molecular weight is 574 g/mol. The smallest absolute Gasteiger partial charge is 0.335 e. The molecule has 41 heavy (non-hydrogen) atoms. The molecule has 1 atom stereocenters. The molecule has 3 aromatic rings. The van der Waals surface area contributed by atoms with Gasteiger partial charge in [-0.3, -0.25) is 9.59 Å². The zero-order valence-corrected chi connectivity index (χ0v) is 23.6. The molecule has 1 fully saturated rings. The molecule has 1 saturated carbocycles. The van der Waals surface area contributed by atoms with Gasteiger partial charge in [-0.25, -0.2) is 9.80 Å². The van der Waals surface area contributed by atoms with Gasteiger partial charge in [0.2, 0.25) is 11.8 Å². The summed E-state index contributed by atoms with van der Waals surface area (Å²) in [7, 11) is 0. The highest BCUT2D eigenvalue weighted by atomic mass is 35.5. The van der Waals surface area contributed by atoms with Crippen LogP contribution in [-0.4, -0.2) is 40.4 Å². The summed E-state index contributed by atoms with van der Waals surface area (Å²) in [5.41, 5.74) is 4.21. The van der Waals surface area contributed by atoms with Crippen LogP contribution in [0.2, 0.25) is 5.02 Å². The van der Waals surface area contributed by atoms with Gasteiger partial charge >= 0.3 is 5.97 Å². The number of hydrogen-bond acceptors (Lipinski definition) is 5. The number of aryl methyl sites for hydroxylation is 1. The summed E-state index contributed by atoms with van der Waals surface area (Å²) in [6, 6.07) is 20.1. The van der Waals surface area contributed by atoms with E-state index in [-0.39, 0.29) is 42.4 Å². The average Bonchev–Trinajstić information content (AvgIpc) is 3.49. The van der Waals surface area contributed by atoms with E-state index in [1.165, 1.54) is 5.01 Å². The topological polar surface area (TPSA) is 108 Å². The maximum absolute atomic E-state index is 13.5. The Kier molecular flexibility index (Phi) is 8.69. The van der Waals surface area contributed by atoms with Crippen LogP contribution < -0.4 is 5.32 Å². The molecule has 8 nitrogen and oxygen atoms in total. The zero-order chi connectivity index (χ0) is 28.9. The molecule has 0 spiro atoms. The Balaban J connectivity index is 1.29. The van der Waals surface area contributed by atoms with E-state index in [0.29, 0.717) is 28.6 Å². The molecule has 1 aliphatic carbocycles. The van der Waals surface area contributed by atoms with Crippen LogP contribution in [0.4, 0.5) is 0 Å². The van der Waals surface area contributed by atoms with E-state index in [1.807, 2.05) is 36.4 Å². The summed E-state index contributed by atoms with van der Waals surface area (Å²) in [6.45, 7) is 2.23. The lowest BCUT2D eigenvalue weighted by Gasteiger charge is -2.25. The van der Waals surface area contributed by atoms with Crippen LogP contribution in [0.15, 0.2) is 71.8 Å². The van der Waals surface area contributed by atoms with Crippen molar-refractivity contribution in [3.05, 3.63) is 105 Å². The molecule has 2 aliphatic rings. The van der Waals surface area contributed by atoms with Crippen LogP contribution >= 0.6 is 11.6 Å². The number of carbonyl (C=O) groups is 3. The number of carbonyl (C=O) groups excluding carboxylic acids is 2. The third-order valence-electron chi connectivity index (χ3n) is 7.75. The van der Waals surface area contributed by atoms with E-state index >= 15 is 0 Å². The van der Waals surface area contributed by atoms with Crippen molar-refractivity contribution < 1.29 is 24.2 Å². The molecule has 2 amide bonds. The van der Waals surface area contributed by atoms with E-state index < -0.39 is 5.97 Å². The summed E-state index contributed by atoms with van der Waals surface area (Å²) in [5, 5.41) is 18.7. The fraction of sp³-hybridized carbons (Fsp3) is 0.312. The van der Waals surface area contributed by atoms with Crippen molar-refractivity contribution >= 4 is 35.3 Å². The first-order valence-corrected chi connectivity index (χ1v) is 14.1. The predicted octanol–water partition coefficient (Wildman–Crippen LogP) is 5.66. The number of aromatic carboxylic acids is 1. The molecule has 1 heterocycles. The lowest BCUT2D eigenvalue weighted by atomic mass is 9.83. The molecule has 0 saturated heterocycles. The van der Waals surface area contributed by atoms with Gasteiger partial charge in [-0.15, -0.1) is 5.10 Å². The number of hydrazone groups is 1. The van der Waals surface area contributed by atoms with Crippen molar-refractivity contribution in [3.63, 3.8) is 0 Å². The molecule has 0 bridgehead atoms. The van der Waals surface area contributed by atoms with Crippen LogP contribution in [0.25, 0.3) is 0 Å². The Hall–Kier alpha value is -4.17. The first-order chi connectivity index (χ1) is 19.8. The number of nitrogens with one attached hydrogen (secondary N) is 1. The van der Waals surface area contributed by atoms with Crippen LogP contribution in [0.3, 0.4) is 0 Å². The molecule has 9 heteroatoms. The molecule has 2 N–H and O–H groups in total. The van der Waals surface area contributed by atoms with Gasteiger partial charge < -0.3 is 15.2 Å². The monoisotopic (exact) mass is 573 g/mol. The number of benzene rings is 3. The number of carboxylic acids is 1. The van der Waals surface area contributed by atoms with Gasteiger partial charge in [0.15, 0.2) is 6.61 Å². The van der Waals surface area contributed by atoms with Crippen LogP contribution in [0.1, 0.15) is 69.8 Å². The van der Waals surface area contributed by atoms with Crippen molar-refractivity contribution in [1.29, 1.82) is 0 Å². The van der Waals surface area contributed by atoms with Crippen molar-refractivity contribution in [3.8, 4) is 0 Å². The maximum atomic E-state index is 13.5. The maximum Gasteiger partial charge on any atom is 0.335 e. The SMILES string of the molecule is Cc1cc(CNC(=O)C(c2ccc(CN3N=C(c4ccccc4Cl)OCC3=O)cc2)C2CCCC2)ccc1C(=O)O. The lowest BCUT2D eigenvalue weighted by molar-refractivity contribution is -0.136. The Morgan fingerprint density at radius 1 is 1.07 bits per heavy atom. The number of ether oxygens (including phenoxy) is 1. The molecular formula is C32H32ClN3O5. The quantitative estimate of drug-likeness (QED) is 0.343. The fourth-order valence-electron chi connectivity index (χ4n) is 5.60. The third-order valence-corrected chi connectivity index (χ3v) is 8.08. The van der Waals surface area contributed by atoms with Gasteiger partial charge in [-0.2, -0.15) is 0 Å². The van der Waals surface area contributed by atoms with Crippen LogP contribution in [0, 0.1) is 12.8 Å². The highest BCUT2D eigenvalue weighted by Gasteiger charge is 2.32. The van der Waals surface area contributed by atoms with Gasteiger partial charge in [0.1, 0.15) is 0 Å². The molecule has 3 aromatic carbocycles. The number of hydrogen-bond donors (Lipinski definition) is 2. The number of halogens is 1. The molecule has 5 rings (SSSR count). The van der Waals surface area contributed by atoms with Crippen LogP contribution in [0.5, 0.6) is 0 Å². The minimum atomic E-state index is -0.964. The predicted molar refractivity (Wildman–Crippen MR) is 156 cm³/mol. The largest absolute Gasteiger partial charge is 0.478 e. The second-order valence-corrected chi connectivity index (χ2v) is 11.0. The molecule has 1 unspecified atom stereocenters. The summed E-state index contributed by atoms with van der Waals surface area (Å²) in [5.74, 6) is -0.991. The van der Waals surface area contributed by atoms with Crippen molar-refractivity contribution in [2.24, 2.45) is 11.0 Å². The number of nitrogens with zero attached hydrogens (tertiary/aromatic N) is 2. The molecule has 0 aromatic heterocycles. The van der Waals surface area contributed by atoms with Crippen molar-refractivity contribution in [1.82, 2.24) is 10.3 Å². The van der Waals surface area contributed by atoms with E-state index in [1.54, 1.807) is 37.3 Å². The Morgan fingerprint density at radius 2 is 1.78 bits per heavy atom. The Labute approximate surface area is 244 Å². The number of amides is 2. The second-order valence-electron chi connectivity index (χ2n) is 10.6. The van der Waals surface area contributed by atoms with Gasteiger partial charge in [0, 0.05) is 6.54 Å². The fourth-order valence-corrected chi connectivity index (χ4v) is 5.81. The lowest BCUT2D eigenvalue weighted by Crippen LogP contribution is -2.36. The molecule has 1 aliphatic heterocycles. The summed E-state index contributed by atoms with van der Waals surface area (Å²) in [6.07, 6.45) is 4.20. The van der Waals surface area contributed by atoms with Gasteiger partial charge in [-0.1, -0.05) is 73.0 Å². The highest BCUT2D eigenvalue weighted by molar-refractivity contribution is 6.33. The van der Waals surface area contributed by atoms with E-state index in [0.717, 1.165) is 42.4 Å². The minimum Gasteiger partial charge on any atom is -0.478 e. The zero-order valence-electron chi connectivity index (χ0n) is 22.8. The third kappa shape index (κ3) is 6.60.